The van der Waals surface area contributed by atoms with Gasteiger partial charge in [0.2, 0.25) is 17.6 Å². The summed E-state index contributed by atoms with van der Waals surface area (Å²) < 4.78 is 44.0. The predicted molar refractivity (Wildman–Crippen MR) is 112 cm³/mol. The Balaban J connectivity index is 1.32. The average molecular weight is 465 g/mol. The maximum atomic E-state index is 12.9. The van der Waals surface area contributed by atoms with E-state index in [2.05, 4.69) is 15.0 Å². The third kappa shape index (κ3) is 5.28. The van der Waals surface area contributed by atoms with Crippen molar-refractivity contribution < 1.29 is 22.5 Å². The van der Waals surface area contributed by atoms with Gasteiger partial charge in [-0.15, -0.1) is 0 Å². The Kier molecular flexibility index (Phi) is 6.48. The van der Waals surface area contributed by atoms with Crippen LogP contribution in [0.2, 0.25) is 5.02 Å². The summed E-state index contributed by atoms with van der Waals surface area (Å²) >= 11 is 6.14. The van der Waals surface area contributed by atoms with E-state index in [1.54, 1.807) is 11.0 Å². The number of halogens is 4. The van der Waals surface area contributed by atoms with Crippen molar-refractivity contribution >= 4 is 17.5 Å². The molecule has 0 atom stereocenters. The molecule has 32 heavy (non-hydrogen) atoms. The second-order valence-corrected chi connectivity index (χ2v) is 7.92. The van der Waals surface area contributed by atoms with Gasteiger partial charge < -0.3 is 9.42 Å². The number of carbonyl (C=O) groups excluding carboxylic acids is 1. The van der Waals surface area contributed by atoms with Gasteiger partial charge in [0.1, 0.15) is 0 Å². The smallest absolute Gasteiger partial charge is 0.340 e. The third-order valence-electron chi connectivity index (χ3n) is 5.30. The zero-order chi connectivity index (χ0) is 22.7. The van der Waals surface area contributed by atoms with Crippen LogP contribution in [0.5, 0.6) is 0 Å². The van der Waals surface area contributed by atoms with Crippen LogP contribution in [-0.4, -0.2) is 52.0 Å². The van der Waals surface area contributed by atoms with E-state index >= 15 is 0 Å². The minimum absolute atomic E-state index is 0.0161. The van der Waals surface area contributed by atoms with E-state index in [1.165, 1.54) is 12.1 Å². The van der Waals surface area contributed by atoms with E-state index in [1.807, 2.05) is 18.2 Å². The van der Waals surface area contributed by atoms with E-state index in [9.17, 15) is 18.0 Å². The highest BCUT2D eigenvalue weighted by Gasteiger charge is 2.31. The summed E-state index contributed by atoms with van der Waals surface area (Å²) in [5.74, 6) is 0.440. The maximum absolute atomic E-state index is 12.9. The highest BCUT2D eigenvalue weighted by atomic mass is 35.5. The molecule has 1 aliphatic heterocycles. The lowest BCUT2D eigenvalue weighted by atomic mass is 10.1. The van der Waals surface area contributed by atoms with Gasteiger partial charge in [-0.1, -0.05) is 47.1 Å². The number of piperazine rings is 1. The molecule has 0 saturated carbocycles. The highest BCUT2D eigenvalue weighted by molar-refractivity contribution is 6.31. The molecule has 2 aromatic carbocycles. The summed E-state index contributed by atoms with van der Waals surface area (Å²) in [7, 11) is 0. The second kappa shape index (κ2) is 9.30. The Morgan fingerprint density at radius 1 is 1.06 bits per heavy atom. The van der Waals surface area contributed by atoms with Crippen LogP contribution in [0.25, 0.3) is 11.4 Å². The van der Waals surface area contributed by atoms with Crippen LogP contribution in [0.15, 0.2) is 53.1 Å². The van der Waals surface area contributed by atoms with Gasteiger partial charge in [0, 0.05) is 36.8 Å². The monoisotopic (exact) mass is 464 g/mol. The van der Waals surface area contributed by atoms with Gasteiger partial charge in [-0.05, 0) is 23.8 Å². The fourth-order valence-electron chi connectivity index (χ4n) is 3.53. The topological polar surface area (TPSA) is 62.5 Å². The quantitative estimate of drug-likeness (QED) is 0.563. The zero-order valence-corrected chi connectivity index (χ0v) is 17.7. The molecule has 10 heteroatoms. The standard InChI is InChI=1S/C22H20ClF3N4O2/c23-18-7-2-1-4-15(18)13-20(31)30-10-8-29(9-11-30)14-19-27-21(28-32-19)16-5-3-6-17(12-16)22(24,25)26/h1-7,12H,8-11,13-14H2. The summed E-state index contributed by atoms with van der Waals surface area (Å²) in [5, 5.41) is 4.39. The first-order chi connectivity index (χ1) is 15.3. The van der Waals surface area contributed by atoms with Crippen LogP contribution in [0.1, 0.15) is 17.0 Å². The molecule has 0 N–H and O–H groups in total. The molecule has 4 rings (SSSR count). The summed E-state index contributed by atoms with van der Waals surface area (Å²) in [4.78, 5) is 20.7. The molecular formula is C22H20ClF3N4O2. The molecule has 2 heterocycles. The van der Waals surface area contributed by atoms with E-state index in [0.717, 1.165) is 17.7 Å². The first-order valence-electron chi connectivity index (χ1n) is 10.0. The normalized spacial score (nSPS) is 15.2. The van der Waals surface area contributed by atoms with Crippen molar-refractivity contribution in [3.63, 3.8) is 0 Å². The summed E-state index contributed by atoms with van der Waals surface area (Å²) in [6, 6.07) is 12.1. The van der Waals surface area contributed by atoms with Crippen LogP contribution in [-0.2, 0) is 23.9 Å². The number of amides is 1. The molecule has 0 radical (unpaired) electrons. The molecule has 6 nitrogen and oxygen atoms in total. The Bertz CT molecular complexity index is 1090. The molecule has 0 aliphatic carbocycles. The largest absolute Gasteiger partial charge is 0.416 e. The fourth-order valence-corrected chi connectivity index (χ4v) is 3.74. The molecule has 3 aromatic rings. The summed E-state index contributed by atoms with van der Waals surface area (Å²) in [6.07, 6.45) is -4.19. The first kappa shape index (κ1) is 22.3. The van der Waals surface area contributed by atoms with Crippen molar-refractivity contribution in [2.45, 2.75) is 19.1 Å². The number of alkyl halides is 3. The van der Waals surface area contributed by atoms with Crippen molar-refractivity contribution in [2.75, 3.05) is 26.2 Å². The van der Waals surface area contributed by atoms with Gasteiger partial charge in [0.05, 0.1) is 18.5 Å². The van der Waals surface area contributed by atoms with Crippen LogP contribution < -0.4 is 0 Å². The fraction of sp³-hybridized carbons (Fsp3) is 0.318. The van der Waals surface area contributed by atoms with Gasteiger partial charge in [-0.2, -0.15) is 18.2 Å². The number of hydrogen-bond donors (Lipinski definition) is 0. The average Bonchev–Trinajstić information content (AvgIpc) is 3.24. The predicted octanol–water partition coefficient (Wildman–Crippen LogP) is 4.30. The minimum atomic E-state index is -4.44. The lowest BCUT2D eigenvalue weighted by molar-refractivity contribution is -0.137. The van der Waals surface area contributed by atoms with Gasteiger partial charge in [0.15, 0.2) is 0 Å². The number of nitrogens with zero attached hydrogens (tertiary/aromatic N) is 4. The van der Waals surface area contributed by atoms with Crippen molar-refractivity contribution in [2.24, 2.45) is 0 Å². The van der Waals surface area contributed by atoms with Gasteiger partial charge in [-0.25, -0.2) is 0 Å². The minimum Gasteiger partial charge on any atom is -0.340 e. The van der Waals surface area contributed by atoms with Gasteiger partial charge >= 0.3 is 6.18 Å². The van der Waals surface area contributed by atoms with Crippen molar-refractivity contribution in [1.82, 2.24) is 19.9 Å². The van der Waals surface area contributed by atoms with Crippen LogP contribution >= 0.6 is 11.6 Å². The lowest BCUT2D eigenvalue weighted by Crippen LogP contribution is -2.48. The van der Waals surface area contributed by atoms with Gasteiger partial charge in [0.25, 0.3) is 0 Å². The van der Waals surface area contributed by atoms with Crippen molar-refractivity contribution in [3.05, 3.63) is 70.6 Å². The Morgan fingerprint density at radius 2 is 1.81 bits per heavy atom. The van der Waals surface area contributed by atoms with Crippen molar-refractivity contribution in [1.29, 1.82) is 0 Å². The second-order valence-electron chi connectivity index (χ2n) is 7.52. The molecule has 168 valence electrons. The van der Waals surface area contributed by atoms with E-state index in [-0.39, 0.29) is 23.7 Å². The lowest BCUT2D eigenvalue weighted by Gasteiger charge is -2.34. The molecule has 1 saturated heterocycles. The SMILES string of the molecule is O=C(Cc1ccccc1Cl)N1CCN(Cc2nc(-c3cccc(C(F)(F)F)c3)no2)CC1. The third-order valence-corrected chi connectivity index (χ3v) is 5.67. The molecular weight excluding hydrogens is 445 g/mol. The molecule has 0 spiro atoms. The molecule has 0 unspecified atom stereocenters. The Morgan fingerprint density at radius 3 is 2.53 bits per heavy atom. The molecule has 1 amide bonds. The molecule has 1 aromatic heterocycles. The number of rotatable bonds is 5. The Labute approximate surface area is 187 Å². The van der Waals surface area contributed by atoms with Crippen LogP contribution in [0.4, 0.5) is 13.2 Å². The van der Waals surface area contributed by atoms with Crippen LogP contribution in [0.3, 0.4) is 0 Å². The van der Waals surface area contributed by atoms with E-state index in [4.69, 9.17) is 16.1 Å². The number of hydrogen-bond acceptors (Lipinski definition) is 5. The summed E-state index contributed by atoms with van der Waals surface area (Å²) in [6.45, 7) is 2.71. The number of benzene rings is 2. The van der Waals surface area contributed by atoms with Gasteiger partial charge in [-0.3, -0.25) is 9.69 Å². The molecule has 1 aliphatic rings. The number of carbonyl (C=O) groups is 1. The van der Waals surface area contributed by atoms with Crippen LogP contribution in [0, 0.1) is 0 Å². The maximum Gasteiger partial charge on any atom is 0.416 e. The highest BCUT2D eigenvalue weighted by Crippen LogP contribution is 2.31. The number of aromatic nitrogens is 2. The van der Waals surface area contributed by atoms with E-state index < -0.39 is 11.7 Å². The Hall–Kier alpha value is -2.91. The summed E-state index contributed by atoms with van der Waals surface area (Å²) in [5.41, 5.74) is 0.276. The first-order valence-corrected chi connectivity index (χ1v) is 10.4. The van der Waals surface area contributed by atoms with Crippen molar-refractivity contribution in [3.8, 4) is 11.4 Å². The molecule has 0 bridgehead atoms. The zero-order valence-electron chi connectivity index (χ0n) is 17.0. The van der Waals surface area contributed by atoms with E-state index in [0.29, 0.717) is 43.6 Å². The molecule has 1 fully saturated rings.